The number of halogens is 3. The molecule has 1 N–H and O–H groups in total. The van der Waals surface area contributed by atoms with E-state index in [-0.39, 0.29) is 18.1 Å². The van der Waals surface area contributed by atoms with Gasteiger partial charge in [-0.25, -0.2) is 0 Å². The number of nitrogens with zero attached hydrogens (tertiary/aromatic N) is 1. The lowest BCUT2D eigenvalue weighted by molar-refractivity contribution is -0.147. The highest BCUT2D eigenvalue weighted by atomic mass is 19.4. The van der Waals surface area contributed by atoms with Crippen LogP contribution in [0, 0.1) is 5.92 Å². The van der Waals surface area contributed by atoms with E-state index in [1.807, 2.05) is 10.2 Å². The lowest BCUT2D eigenvalue weighted by Gasteiger charge is -2.34. The molecule has 0 radical (unpaired) electrons. The molecule has 120 valence electrons. The van der Waals surface area contributed by atoms with Crippen LogP contribution in [0.3, 0.4) is 0 Å². The van der Waals surface area contributed by atoms with Gasteiger partial charge in [0.2, 0.25) is 5.91 Å². The van der Waals surface area contributed by atoms with Gasteiger partial charge in [-0.2, -0.15) is 13.2 Å². The molecule has 2 rings (SSSR count). The third kappa shape index (κ3) is 4.33. The predicted octanol–water partition coefficient (Wildman–Crippen LogP) is 1.08. The lowest BCUT2D eigenvalue weighted by Crippen LogP contribution is -2.49. The minimum atomic E-state index is -4.41. The van der Waals surface area contributed by atoms with E-state index in [1.54, 1.807) is 6.92 Å². The second kappa shape index (κ2) is 6.21. The molecule has 0 aromatic carbocycles. The first-order chi connectivity index (χ1) is 9.76. The summed E-state index contributed by atoms with van der Waals surface area (Å²) in [6.45, 7) is 1.45. The lowest BCUT2D eigenvalue weighted by atomic mass is 9.95. The number of cyclic esters (lactones) is 1. The van der Waals surface area contributed by atoms with E-state index in [0.29, 0.717) is 32.4 Å². The van der Waals surface area contributed by atoms with Gasteiger partial charge in [-0.05, 0) is 26.3 Å². The smallest absolute Gasteiger partial charge is 0.405 e. The maximum absolute atomic E-state index is 12.1. The van der Waals surface area contributed by atoms with Crippen LogP contribution in [0.4, 0.5) is 13.2 Å². The summed E-state index contributed by atoms with van der Waals surface area (Å²) in [5.74, 6) is -1.42. The van der Waals surface area contributed by atoms with Crippen molar-refractivity contribution in [1.82, 2.24) is 10.2 Å². The van der Waals surface area contributed by atoms with Gasteiger partial charge in [-0.1, -0.05) is 0 Å². The number of alkyl halides is 3. The summed E-state index contributed by atoms with van der Waals surface area (Å²) in [4.78, 5) is 25.4. The molecule has 0 aromatic rings. The topological polar surface area (TPSA) is 58.6 Å². The third-order valence-corrected chi connectivity index (χ3v) is 3.87. The zero-order chi connectivity index (χ0) is 15.6. The highest BCUT2D eigenvalue weighted by Crippen LogP contribution is 2.25. The molecule has 2 aliphatic heterocycles. The Kier molecular flexibility index (Phi) is 4.75. The van der Waals surface area contributed by atoms with E-state index in [1.165, 1.54) is 0 Å². The van der Waals surface area contributed by atoms with Gasteiger partial charge in [0, 0.05) is 13.0 Å². The van der Waals surface area contributed by atoms with E-state index in [0.717, 1.165) is 0 Å². The van der Waals surface area contributed by atoms with Crippen molar-refractivity contribution < 1.29 is 27.5 Å². The Labute approximate surface area is 120 Å². The summed E-state index contributed by atoms with van der Waals surface area (Å²) >= 11 is 0. The summed E-state index contributed by atoms with van der Waals surface area (Å²) in [6.07, 6.45) is -2.77. The Morgan fingerprint density at radius 3 is 2.76 bits per heavy atom. The Bertz CT molecular complexity index is 414. The SMILES string of the molecule is C[C@@H]1C[C@@H](N2CCC[C@H](C(=O)NCC(F)(F)F)C2)C(=O)O1. The maximum atomic E-state index is 12.1. The number of likely N-dealkylation sites (tertiary alicyclic amines) is 1. The number of hydrogen-bond donors (Lipinski definition) is 1. The van der Waals surface area contributed by atoms with Crippen molar-refractivity contribution in [3.05, 3.63) is 0 Å². The Morgan fingerprint density at radius 2 is 2.19 bits per heavy atom. The van der Waals surface area contributed by atoms with Gasteiger partial charge in [0.05, 0.1) is 5.92 Å². The van der Waals surface area contributed by atoms with Gasteiger partial charge in [-0.3, -0.25) is 14.5 Å². The van der Waals surface area contributed by atoms with E-state index < -0.39 is 24.5 Å². The number of amides is 1. The molecule has 2 heterocycles. The van der Waals surface area contributed by atoms with Crippen LogP contribution >= 0.6 is 0 Å². The fourth-order valence-corrected chi connectivity index (χ4v) is 2.87. The van der Waals surface area contributed by atoms with Crippen LogP contribution in [-0.2, 0) is 14.3 Å². The number of ether oxygens (including phenoxy) is 1. The molecule has 5 nitrogen and oxygen atoms in total. The van der Waals surface area contributed by atoms with Gasteiger partial charge in [0.1, 0.15) is 18.7 Å². The maximum Gasteiger partial charge on any atom is 0.405 e. The minimum Gasteiger partial charge on any atom is -0.461 e. The zero-order valence-corrected chi connectivity index (χ0v) is 11.8. The first kappa shape index (κ1) is 16.1. The molecule has 0 saturated carbocycles. The molecular formula is C13H19F3N2O3. The molecule has 0 unspecified atom stereocenters. The molecular weight excluding hydrogens is 289 g/mol. The van der Waals surface area contributed by atoms with Crippen LogP contribution in [0.1, 0.15) is 26.2 Å². The van der Waals surface area contributed by atoms with Crippen molar-refractivity contribution >= 4 is 11.9 Å². The fourth-order valence-electron chi connectivity index (χ4n) is 2.87. The standard InChI is InChI=1S/C13H19F3N2O3/c1-8-5-10(12(20)21-8)18-4-2-3-9(6-18)11(19)17-7-13(14,15)16/h8-10H,2-7H2,1H3,(H,17,19)/t8-,9+,10-/m1/s1. The second-order valence-corrected chi connectivity index (χ2v) is 5.67. The summed E-state index contributed by atoms with van der Waals surface area (Å²) < 4.78 is 41.4. The molecule has 1 amide bonds. The average molecular weight is 308 g/mol. The van der Waals surface area contributed by atoms with Crippen LogP contribution in [-0.4, -0.2) is 54.7 Å². The number of piperidine rings is 1. The van der Waals surface area contributed by atoms with Crippen LogP contribution in [0.15, 0.2) is 0 Å². The van der Waals surface area contributed by atoms with Gasteiger partial charge >= 0.3 is 12.1 Å². The van der Waals surface area contributed by atoms with Crippen molar-refractivity contribution in [2.75, 3.05) is 19.6 Å². The molecule has 3 atom stereocenters. The molecule has 2 aliphatic rings. The van der Waals surface area contributed by atoms with Crippen molar-refractivity contribution in [3.8, 4) is 0 Å². The minimum absolute atomic E-state index is 0.151. The van der Waals surface area contributed by atoms with Crippen LogP contribution in [0.5, 0.6) is 0 Å². The number of carbonyl (C=O) groups is 2. The average Bonchev–Trinajstić information content (AvgIpc) is 2.74. The van der Waals surface area contributed by atoms with Crippen molar-refractivity contribution in [2.45, 2.75) is 44.5 Å². The number of esters is 1. The molecule has 21 heavy (non-hydrogen) atoms. The quantitative estimate of drug-likeness (QED) is 0.793. The summed E-state index contributed by atoms with van der Waals surface area (Å²) in [5.41, 5.74) is 0. The van der Waals surface area contributed by atoms with Crippen LogP contribution in [0.2, 0.25) is 0 Å². The summed E-state index contributed by atoms with van der Waals surface area (Å²) in [6, 6.07) is -0.377. The van der Waals surface area contributed by atoms with E-state index >= 15 is 0 Å². The monoisotopic (exact) mass is 308 g/mol. The molecule has 0 spiro atoms. The van der Waals surface area contributed by atoms with E-state index in [9.17, 15) is 22.8 Å². The van der Waals surface area contributed by atoms with E-state index in [2.05, 4.69) is 0 Å². The van der Waals surface area contributed by atoms with Crippen molar-refractivity contribution in [3.63, 3.8) is 0 Å². The van der Waals surface area contributed by atoms with Crippen LogP contribution in [0.25, 0.3) is 0 Å². The van der Waals surface area contributed by atoms with Crippen molar-refractivity contribution in [1.29, 1.82) is 0 Å². The predicted molar refractivity (Wildman–Crippen MR) is 67.3 cm³/mol. The van der Waals surface area contributed by atoms with Crippen molar-refractivity contribution in [2.24, 2.45) is 5.92 Å². The zero-order valence-electron chi connectivity index (χ0n) is 11.8. The van der Waals surface area contributed by atoms with E-state index in [4.69, 9.17) is 4.74 Å². The number of hydrogen-bond acceptors (Lipinski definition) is 4. The van der Waals surface area contributed by atoms with Gasteiger partial charge in [0.15, 0.2) is 0 Å². The Balaban J connectivity index is 1.88. The summed E-state index contributed by atoms with van der Waals surface area (Å²) in [5, 5.41) is 1.92. The van der Waals surface area contributed by atoms with Crippen LogP contribution < -0.4 is 5.32 Å². The molecule has 0 aliphatic carbocycles. The fraction of sp³-hybridized carbons (Fsp3) is 0.846. The second-order valence-electron chi connectivity index (χ2n) is 5.67. The Morgan fingerprint density at radius 1 is 1.48 bits per heavy atom. The number of carbonyl (C=O) groups excluding carboxylic acids is 2. The van der Waals surface area contributed by atoms with Gasteiger partial charge < -0.3 is 10.1 Å². The number of nitrogens with one attached hydrogen (secondary N) is 1. The van der Waals surface area contributed by atoms with Gasteiger partial charge in [-0.15, -0.1) is 0 Å². The number of rotatable bonds is 3. The largest absolute Gasteiger partial charge is 0.461 e. The molecule has 2 fully saturated rings. The molecule has 8 heteroatoms. The summed E-state index contributed by atoms with van der Waals surface area (Å²) in [7, 11) is 0. The molecule has 0 aromatic heterocycles. The third-order valence-electron chi connectivity index (χ3n) is 3.87. The highest BCUT2D eigenvalue weighted by molar-refractivity contribution is 5.80. The first-order valence-corrected chi connectivity index (χ1v) is 7.05. The molecule has 0 bridgehead atoms. The first-order valence-electron chi connectivity index (χ1n) is 7.05. The normalized spacial score (nSPS) is 31.0. The Hall–Kier alpha value is -1.31. The highest BCUT2D eigenvalue weighted by Gasteiger charge is 2.39. The molecule has 2 saturated heterocycles. The van der Waals surface area contributed by atoms with Gasteiger partial charge in [0.25, 0.3) is 0 Å².